The number of aromatic nitrogens is 2. The van der Waals surface area contributed by atoms with Gasteiger partial charge in [0.05, 0.1) is 11.0 Å². The van der Waals surface area contributed by atoms with E-state index in [0.717, 1.165) is 11.0 Å². The third-order valence-electron chi connectivity index (χ3n) is 2.72. The maximum Gasteiger partial charge on any atom is 0.205 e. The zero-order chi connectivity index (χ0) is 12.5. The van der Waals surface area contributed by atoms with E-state index in [9.17, 15) is 4.39 Å². The normalized spacial score (nSPS) is 10.8. The molecule has 0 amide bonds. The van der Waals surface area contributed by atoms with Crippen LogP contribution in [0.15, 0.2) is 42.5 Å². The summed E-state index contributed by atoms with van der Waals surface area (Å²) >= 11 is 0. The summed E-state index contributed by atoms with van der Waals surface area (Å²) in [4.78, 5) is 7.55. The summed E-state index contributed by atoms with van der Waals surface area (Å²) in [6.07, 6.45) is 0. The molecule has 0 fully saturated rings. The Balaban J connectivity index is 1.95. The molecule has 0 atom stereocenters. The number of nitrogens with one attached hydrogen (secondary N) is 2. The van der Waals surface area contributed by atoms with Gasteiger partial charge in [-0.2, -0.15) is 0 Å². The van der Waals surface area contributed by atoms with Crippen molar-refractivity contribution in [3.63, 3.8) is 0 Å². The van der Waals surface area contributed by atoms with Crippen LogP contribution >= 0.6 is 0 Å². The van der Waals surface area contributed by atoms with Gasteiger partial charge in [0.25, 0.3) is 0 Å². The van der Waals surface area contributed by atoms with Crippen LogP contribution in [0.3, 0.4) is 0 Å². The number of hydrogen-bond acceptors (Lipinski definition) is 2. The highest BCUT2D eigenvalue weighted by molar-refractivity contribution is 5.79. The summed E-state index contributed by atoms with van der Waals surface area (Å²) in [6.45, 7) is 2.03. The molecule has 0 aliphatic rings. The summed E-state index contributed by atoms with van der Waals surface area (Å²) in [5.74, 6) is 0.341. The first-order valence-corrected chi connectivity index (χ1v) is 5.70. The molecule has 2 aromatic carbocycles. The fourth-order valence-corrected chi connectivity index (χ4v) is 1.89. The number of imidazole rings is 1. The van der Waals surface area contributed by atoms with Gasteiger partial charge in [0, 0.05) is 5.69 Å². The minimum Gasteiger partial charge on any atom is -0.326 e. The second-order valence-electron chi connectivity index (χ2n) is 4.24. The van der Waals surface area contributed by atoms with E-state index in [1.54, 1.807) is 12.1 Å². The lowest BCUT2D eigenvalue weighted by molar-refractivity contribution is 0.628. The SMILES string of the molecule is Cc1ccc2nc(Nc3cccc(F)c3)[nH]c2c1. The van der Waals surface area contributed by atoms with Crippen molar-refractivity contribution in [2.45, 2.75) is 6.92 Å². The van der Waals surface area contributed by atoms with Crippen molar-refractivity contribution in [2.75, 3.05) is 5.32 Å². The van der Waals surface area contributed by atoms with Crippen LogP contribution in [0.25, 0.3) is 11.0 Å². The summed E-state index contributed by atoms with van der Waals surface area (Å²) in [7, 11) is 0. The fraction of sp³-hybridized carbons (Fsp3) is 0.0714. The molecular formula is C14H12FN3. The smallest absolute Gasteiger partial charge is 0.205 e. The monoisotopic (exact) mass is 241 g/mol. The quantitative estimate of drug-likeness (QED) is 0.717. The van der Waals surface area contributed by atoms with Crippen molar-refractivity contribution < 1.29 is 4.39 Å². The highest BCUT2D eigenvalue weighted by Crippen LogP contribution is 2.19. The van der Waals surface area contributed by atoms with Gasteiger partial charge in [-0.05, 0) is 42.8 Å². The lowest BCUT2D eigenvalue weighted by Gasteiger charge is -2.01. The van der Waals surface area contributed by atoms with E-state index in [4.69, 9.17) is 0 Å². The molecule has 0 saturated heterocycles. The van der Waals surface area contributed by atoms with E-state index >= 15 is 0 Å². The number of halogens is 1. The third kappa shape index (κ3) is 2.05. The van der Waals surface area contributed by atoms with Crippen molar-refractivity contribution >= 4 is 22.7 Å². The Hall–Kier alpha value is -2.36. The Bertz CT molecular complexity index is 703. The van der Waals surface area contributed by atoms with E-state index in [1.165, 1.54) is 17.7 Å². The van der Waals surface area contributed by atoms with Gasteiger partial charge in [-0.25, -0.2) is 9.37 Å². The van der Waals surface area contributed by atoms with Crippen LogP contribution < -0.4 is 5.32 Å². The average molecular weight is 241 g/mol. The van der Waals surface area contributed by atoms with E-state index in [-0.39, 0.29) is 5.82 Å². The Morgan fingerprint density at radius 1 is 1.17 bits per heavy atom. The summed E-state index contributed by atoms with van der Waals surface area (Å²) in [5, 5.41) is 3.05. The van der Waals surface area contributed by atoms with Crippen molar-refractivity contribution in [3.05, 3.63) is 53.8 Å². The molecule has 18 heavy (non-hydrogen) atoms. The minimum absolute atomic E-state index is 0.271. The number of hydrogen-bond donors (Lipinski definition) is 2. The Kier molecular flexibility index (Phi) is 2.48. The topological polar surface area (TPSA) is 40.7 Å². The van der Waals surface area contributed by atoms with Gasteiger partial charge >= 0.3 is 0 Å². The highest BCUT2D eigenvalue weighted by Gasteiger charge is 2.03. The predicted molar refractivity (Wildman–Crippen MR) is 70.5 cm³/mol. The molecule has 0 aliphatic heterocycles. The lowest BCUT2D eigenvalue weighted by atomic mass is 10.2. The standard InChI is InChI=1S/C14H12FN3/c1-9-5-6-12-13(7-9)18-14(17-12)16-11-4-2-3-10(15)8-11/h2-8H,1H3,(H2,16,17,18). The average Bonchev–Trinajstić information content (AvgIpc) is 2.70. The van der Waals surface area contributed by atoms with Gasteiger partial charge < -0.3 is 10.3 Å². The van der Waals surface area contributed by atoms with E-state index in [0.29, 0.717) is 11.6 Å². The van der Waals surface area contributed by atoms with Crippen LogP contribution in [0, 0.1) is 12.7 Å². The summed E-state index contributed by atoms with van der Waals surface area (Å²) in [5.41, 5.74) is 3.70. The maximum atomic E-state index is 13.1. The molecule has 1 aromatic heterocycles. The van der Waals surface area contributed by atoms with Crippen molar-refractivity contribution in [1.29, 1.82) is 0 Å². The molecule has 0 bridgehead atoms. The lowest BCUT2D eigenvalue weighted by Crippen LogP contribution is -1.92. The molecule has 90 valence electrons. The van der Waals surface area contributed by atoms with Crippen LogP contribution in [0.2, 0.25) is 0 Å². The van der Waals surface area contributed by atoms with E-state index in [1.807, 2.05) is 25.1 Å². The second-order valence-corrected chi connectivity index (χ2v) is 4.24. The van der Waals surface area contributed by atoms with Gasteiger partial charge in [0.15, 0.2) is 0 Å². The number of rotatable bonds is 2. The molecule has 1 heterocycles. The molecule has 0 aliphatic carbocycles. The highest BCUT2D eigenvalue weighted by atomic mass is 19.1. The predicted octanol–water partition coefficient (Wildman–Crippen LogP) is 3.75. The van der Waals surface area contributed by atoms with Gasteiger partial charge in [0.2, 0.25) is 5.95 Å². The Morgan fingerprint density at radius 3 is 2.89 bits per heavy atom. The molecule has 3 aromatic rings. The molecule has 4 heteroatoms. The van der Waals surface area contributed by atoms with Crippen LogP contribution in [0.5, 0.6) is 0 Å². The van der Waals surface area contributed by atoms with Crippen LogP contribution in [0.4, 0.5) is 16.0 Å². The number of anilines is 2. The van der Waals surface area contributed by atoms with E-state index in [2.05, 4.69) is 15.3 Å². The molecule has 0 saturated carbocycles. The zero-order valence-corrected chi connectivity index (χ0v) is 9.87. The van der Waals surface area contributed by atoms with Crippen molar-refractivity contribution in [1.82, 2.24) is 9.97 Å². The Labute approximate surface area is 104 Å². The Morgan fingerprint density at radius 2 is 2.06 bits per heavy atom. The van der Waals surface area contributed by atoms with Crippen molar-refractivity contribution in [2.24, 2.45) is 0 Å². The van der Waals surface area contributed by atoms with Gasteiger partial charge in [-0.15, -0.1) is 0 Å². The van der Waals surface area contributed by atoms with Gasteiger partial charge in [-0.3, -0.25) is 0 Å². The van der Waals surface area contributed by atoms with Crippen molar-refractivity contribution in [3.8, 4) is 0 Å². The first-order valence-electron chi connectivity index (χ1n) is 5.70. The largest absolute Gasteiger partial charge is 0.326 e. The number of nitrogens with zero attached hydrogens (tertiary/aromatic N) is 1. The maximum absolute atomic E-state index is 13.1. The van der Waals surface area contributed by atoms with Crippen LogP contribution in [-0.2, 0) is 0 Å². The zero-order valence-electron chi connectivity index (χ0n) is 9.87. The third-order valence-corrected chi connectivity index (χ3v) is 2.72. The number of benzene rings is 2. The van der Waals surface area contributed by atoms with Gasteiger partial charge in [0.1, 0.15) is 5.82 Å². The second kappa shape index (κ2) is 4.14. The minimum atomic E-state index is -0.271. The number of fused-ring (bicyclic) bond motifs is 1. The number of aromatic amines is 1. The summed E-state index contributed by atoms with van der Waals surface area (Å²) in [6, 6.07) is 12.3. The first kappa shape index (κ1) is 10.8. The van der Waals surface area contributed by atoms with E-state index < -0.39 is 0 Å². The molecular weight excluding hydrogens is 229 g/mol. The molecule has 0 unspecified atom stereocenters. The molecule has 0 spiro atoms. The van der Waals surface area contributed by atoms with Crippen LogP contribution in [-0.4, -0.2) is 9.97 Å². The molecule has 0 radical (unpaired) electrons. The van der Waals surface area contributed by atoms with Crippen LogP contribution in [0.1, 0.15) is 5.56 Å². The number of H-pyrrole nitrogens is 1. The molecule has 2 N–H and O–H groups in total. The fourth-order valence-electron chi connectivity index (χ4n) is 1.89. The van der Waals surface area contributed by atoms with Gasteiger partial charge in [-0.1, -0.05) is 12.1 Å². The molecule has 3 rings (SSSR count). The number of aryl methyl sites for hydroxylation is 1. The summed E-state index contributed by atoms with van der Waals surface area (Å²) < 4.78 is 13.1. The molecule has 3 nitrogen and oxygen atoms in total. The first-order chi connectivity index (χ1) is 8.70.